The van der Waals surface area contributed by atoms with E-state index in [0.717, 1.165) is 59.2 Å². The summed E-state index contributed by atoms with van der Waals surface area (Å²) >= 11 is 0. The van der Waals surface area contributed by atoms with Gasteiger partial charge in [-0.25, -0.2) is 4.79 Å². The standard InChI is InChI=1S/C35H53N3O4/c1-11-12-13-14-21-38(33(40)29(22-23(2)3)36-34(41)42-35(8,9)10)31(28-20-16-17-24(4)27(28)7)32(39)37-30-25(5)18-15-19-26(30)6/h15-20,23,29,31H,11-14,21-22H2,1-10H3,(H,36,41)(H,37,39). The van der Waals surface area contributed by atoms with Crippen LogP contribution in [0.4, 0.5) is 10.5 Å². The predicted molar refractivity (Wildman–Crippen MR) is 172 cm³/mol. The monoisotopic (exact) mass is 579 g/mol. The molecule has 0 heterocycles. The van der Waals surface area contributed by atoms with Crippen molar-refractivity contribution in [2.75, 3.05) is 11.9 Å². The second kappa shape index (κ2) is 15.8. The second-order valence-electron chi connectivity index (χ2n) is 12.9. The van der Waals surface area contributed by atoms with E-state index in [0.29, 0.717) is 13.0 Å². The summed E-state index contributed by atoms with van der Waals surface area (Å²) in [5.74, 6) is -0.433. The fourth-order valence-electron chi connectivity index (χ4n) is 5.14. The summed E-state index contributed by atoms with van der Waals surface area (Å²) in [6, 6.07) is 10.0. The van der Waals surface area contributed by atoms with E-state index in [1.807, 2.05) is 77.9 Å². The summed E-state index contributed by atoms with van der Waals surface area (Å²) in [5, 5.41) is 6.01. The van der Waals surface area contributed by atoms with Gasteiger partial charge in [-0.3, -0.25) is 9.59 Å². The molecule has 232 valence electrons. The number of para-hydroxylation sites is 1. The number of anilines is 1. The molecule has 0 saturated carbocycles. The van der Waals surface area contributed by atoms with Crippen LogP contribution >= 0.6 is 0 Å². The third-order valence-electron chi connectivity index (χ3n) is 7.46. The molecule has 2 unspecified atom stereocenters. The lowest BCUT2D eigenvalue weighted by Crippen LogP contribution is -2.53. The fraction of sp³-hybridized carbons (Fsp3) is 0.571. The van der Waals surface area contributed by atoms with Crippen LogP contribution in [0.15, 0.2) is 36.4 Å². The third kappa shape index (κ3) is 10.2. The molecule has 2 rings (SSSR count). The molecule has 0 aliphatic carbocycles. The molecule has 0 aliphatic heterocycles. The molecule has 0 aliphatic rings. The van der Waals surface area contributed by atoms with Gasteiger partial charge in [-0.2, -0.15) is 0 Å². The molecular weight excluding hydrogens is 526 g/mol. The van der Waals surface area contributed by atoms with E-state index in [4.69, 9.17) is 4.74 Å². The maximum Gasteiger partial charge on any atom is 0.408 e. The Hall–Kier alpha value is -3.35. The zero-order valence-corrected chi connectivity index (χ0v) is 27.5. The zero-order chi connectivity index (χ0) is 31.6. The van der Waals surface area contributed by atoms with Gasteiger partial charge >= 0.3 is 6.09 Å². The average molecular weight is 580 g/mol. The molecule has 42 heavy (non-hydrogen) atoms. The summed E-state index contributed by atoms with van der Waals surface area (Å²) in [4.78, 5) is 43.4. The van der Waals surface area contributed by atoms with Gasteiger partial charge in [-0.1, -0.05) is 76.4 Å². The first-order valence-electron chi connectivity index (χ1n) is 15.4. The number of nitrogens with one attached hydrogen (secondary N) is 2. The molecule has 2 atom stereocenters. The van der Waals surface area contributed by atoms with Crippen molar-refractivity contribution in [1.82, 2.24) is 10.2 Å². The van der Waals surface area contributed by atoms with Gasteiger partial charge in [0.2, 0.25) is 5.91 Å². The number of unbranched alkanes of at least 4 members (excludes halogenated alkanes) is 3. The minimum Gasteiger partial charge on any atom is -0.444 e. The van der Waals surface area contributed by atoms with Crippen molar-refractivity contribution in [2.45, 2.75) is 119 Å². The van der Waals surface area contributed by atoms with Crippen LogP contribution in [-0.2, 0) is 14.3 Å². The molecule has 0 aromatic heterocycles. The predicted octanol–water partition coefficient (Wildman–Crippen LogP) is 7.95. The van der Waals surface area contributed by atoms with E-state index in [2.05, 4.69) is 17.6 Å². The van der Waals surface area contributed by atoms with E-state index in [9.17, 15) is 14.4 Å². The molecule has 0 bridgehead atoms. The lowest BCUT2D eigenvalue weighted by Gasteiger charge is -2.36. The Morgan fingerprint density at radius 3 is 2.05 bits per heavy atom. The number of carbonyl (C=O) groups excluding carboxylic acids is 3. The molecule has 2 aromatic carbocycles. The minimum atomic E-state index is -0.881. The maximum absolute atomic E-state index is 14.5. The van der Waals surface area contributed by atoms with Gasteiger partial charge in [-0.05, 0) is 95.0 Å². The van der Waals surface area contributed by atoms with Crippen LogP contribution in [-0.4, -0.2) is 41.0 Å². The highest BCUT2D eigenvalue weighted by molar-refractivity contribution is 6.00. The average Bonchev–Trinajstić information content (AvgIpc) is 2.88. The largest absolute Gasteiger partial charge is 0.444 e. The Balaban J connectivity index is 2.64. The number of alkyl carbamates (subject to hydrolysis) is 1. The minimum absolute atomic E-state index is 0.124. The van der Waals surface area contributed by atoms with Crippen molar-refractivity contribution < 1.29 is 19.1 Å². The topological polar surface area (TPSA) is 87.7 Å². The number of amides is 3. The van der Waals surface area contributed by atoms with Gasteiger partial charge < -0.3 is 20.3 Å². The highest BCUT2D eigenvalue weighted by Crippen LogP contribution is 2.31. The fourth-order valence-corrected chi connectivity index (χ4v) is 5.14. The first kappa shape index (κ1) is 34.8. The Morgan fingerprint density at radius 1 is 0.881 bits per heavy atom. The lowest BCUT2D eigenvalue weighted by molar-refractivity contribution is -0.141. The Morgan fingerprint density at radius 2 is 1.48 bits per heavy atom. The van der Waals surface area contributed by atoms with Crippen molar-refractivity contribution in [3.05, 3.63) is 64.2 Å². The first-order chi connectivity index (χ1) is 19.7. The molecule has 0 spiro atoms. The number of hydrogen-bond donors (Lipinski definition) is 2. The van der Waals surface area contributed by atoms with Crippen LogP contribution < -0.4 is 10.6 Å². The number of aryl methyl sites for hydroxylation is 3. The van der Waals surface area contributed by atoms with E-state index >= 15 is 0 Å². The molecule has 0 radical (unpaired) electrons. The molecule has 7 nitrogen and oxygen atoms in total. The summed E-state index contributed by atoms with van der Waals surface area (Å²) in [6.45, 7) is 19.9. The maximum atomic E-state index is 14.5. The van der Waals surface area contributed by atoms with Gasteiger partial charge in [0.1, 0.15) is 17.7 Å². The van der Waals surface area contributed by atoms with Crippen molar-refractivity contribution in [3.63, 3.8) is 0 Å². The van der Waals surface area contributed by atoms with E-state index in [-0.39, 0.29) is 17.7 Å². The molecule has 3 amide bonds. The van der Waals surface area contributed by atoms with Crippen molar-refractivity contribution in [3.8, 4) is 0 Å². The van der Waals surface area contributed by atoms with Gasteiger partial charge in [-0.15, -0.1) is 0 Å². The van der Waals surface area contributed by atoms with Crippen LogP contribution in [0.2, 0.25) is 0 Å². The van der Waals surface area contributed by atoms with E-state index < -0.39 is 23.8 Å². The molecule has 2 aromatic rings. The SMILES string of the molecule is CCCCCCN(C(=O)C(CC(C)C)NC(=O)OC(C)(C)C)C(C(=O)Nc1c(C)cccc1C)c1cccc(C)c1C. The number of hydrogen-bond acceptors (Lipinski definition) is 4. The van der Waals surface area contributed by atoms with Crippen molar-refractivity contribution >= 4 is 23.6 Å². The van der Waals surface area contributed by atoms with Crippen LogP contribution in [0.25, 0.3) is 0 Å². The Bertz CT molecular complexity index is 1190. The van der Waals surface area contributed by atoms with Crippen LogP contribution in [0.1, 0.15) is 108 Å². The Kier molecular flexibility index (Phi) is 13.1. The molecule has 2 N–H and O–H groups in total. The van der Waals surface area contributed by atoms with Crippen LogP contribution in [0, 0.1) is 33.6 Å². The Labute approximate surface area is 253 Å². The summed E-state index contributed by atoms with van der Waals surface area (Å²) in [6.07, 6.45) is 3.55. The summed E-state index contributed by atoms with van der Waals surface area (Å²) in [7, 11) is 0. The molecule has 0 fully saturated rings. The van der Waals surface area contributed by atoms with Crippen LogP contribution in [0.5, 0.6) is 0 Å². The molecule has 7 heteroatoms. The van der Waals surface area contributed by atoms with Gasteiger partial charge in [0.05, 0.1) is 0 Å². The van der Waals surface area contributed by atoms with Gasteiger partial charge in [0.25, 0.3) is 5.91 Å². The zero-order valence-electron chi connectivity index (χ0n) is 27.5. The first-order valence-corrected chi connectivity index (χ1v) is 15.4. The number of carbonyl (C=O) groups is 3. The van der Waals surface area contributed by atoms with E-state index in [1.54, 1.807) is 25.7 Å². The summed E-state index contributed by atoms with van der Waals surface area (Å²) < 4.78 is 5.53. The normalized spacial score (nSPS) is 12.9. The number of nitrogens with zero attached hydrogens (tertiary/aromatic N) is 1. The number of rotatable bonds is 13. The highest BCUT2D eigenvalue weighted by Gasteiger charge is 2.37. The number of ether oxygens (including phenoxy) is 1. The lowest BCUT2D eigenvalue weighted by atomic mass is 9.93. The van der Waals surface area contributed by atoms with Crippen molar-refractivity contribution in [2.24, 2.45) is 5.92 Å². The van der Waals surface area contributed by atoms with Crippen molar-refractivity contribution in [1.29, 1.82) is 0 Å². The quantitative estimate of drug-likeness (QED) is 0.236. The smallest absolute Gasteiger partial charge is 0.408 e. The van der Waals surface area contributed by atoms with Gasteiger partial charge in [0, 0.05) is 12.2 Å². The highest BCUT2D eigenvalue weighted by atomic mass is 16.6. The third-order valence-corrected chi connectivity index (χ3v) is 7.46. The molecule has 0 saturated heterocycles. The second-order valence-corrected chi connectivity index (χ2v) is 12.9. The van der Waals surface area contributed by atoms with Gasteiger partial charge in [0.15, 0.2) is 0 Å². The van der Waals surface area contributed by atoms with E-state index in [1.165, 1.54) is 0 Å². The number of benzene rings is 2. The van der Waals surface area contributed by atoms with Crippen LogP contribution in [0.3, 0.4) is 0 Å². The molecular formula is C35H53N3O4. The summed E-state index contributed by atoms with van der Waals surface area (Å²) in [5.41, 5.74) is 4.74.